The van der Waals surface area contributed by atoms with Crippen LogP contribution in [-0.2, 0) is 23.1 Å². The van der Waals surface area contributed by atoms with Gasteiger partial charge in [-0.05, 0) is 37.0 Å². The van der Waals surface area contributed by atoms with E-state index in [4.69, 9.17) is 4.74 Å². The second kappa shape index (κ2) is 6.92. The number of aryl methyl sites for hydroxylation is 2. The molecule has 1 aliphatic heterocycles. The van der Waals surface area contributed by atoms with E-state index in [1.165, 1.54) is 5.56 Å². The highest BCUT2D eigenvalue weighted by molar-refractivity contribution is 5.82. The molecule has 5 nitrogen and oxygen atoms in total. The summed E-state index contributed by atoms with van der Waals surface area (Å²) in [6, 6.07) is 16.2. The summed E-state index contributed by atoms with van der Waals surface area (Å²) in [5.74, 6) is 0.785. The van der Waals surface area contributed by atoms with Crippen LogP contribution in [0, 0.1) is 6.92 Å². The minimum absolute atomic E-state index is 0.00495. The Morgan fingerprint density at radius 2 is 2.00 bits per heavy atom. The molecule has 0 saturated carbocycles. The molecule has 1 N–H and O–H groups in total. The van der Waals surface area contributed by atoms with Crippen LogP contribution in [0.2, 0.25) is 0 Å². The van der Waals surface area contributed by atoms with Gasteiger partial charge >= 0.3 is 0 Å². The average molecular weight is 349 g/mol. The van der Waals surface area contributed by atoms with Crippen molar-refractivity contribution < 1.29 is 9.53 Å². The maximum Gasteiger partial charge on any atom is 0.249 e. The Morgan fingerprint density at radius 1 is 1.19 bits per heavy atom. The molecule has 0 spiro atoms. The van der Waals surface area contributed by atoms with E-state index in [9.17, 15) is 4.79 Å². The zero-order valence-corrected chi connectivity index (χ0v) is 15.1. The lowest BCUT2D eigenvalue weighted by molar-refractivity contribution is -0.132. The van der Waals surface area contributed by atoms with E-state index in [0.717, 1.165) is 35.3 Å². The van der Waals surface area contributed by atoms with Crippen LogP contribution >= 0.6 is 0 Å². The number of amides is 1. The van der Waals surface area contributed by atoms with E-state index >= 15 is 0 Å². The summed E-state index contributed by atoms with van der Waals surface area (Å²) in [5, 5.41) is 2.99. The Balaban J connectivity index is 1.40. The number of hydrogen-bond donors (Lipinski definition) is 1. The molecule has 1 saturated heterocycles. The molecule has 1 fully saturated rings. The fourth-order valence-electron chi connectivity index (χ4n) is 3.69. The van der Waals surface area contributed by atoms with Crippen molar-refractivity contribution in [2.45, 2.75) is 38.5 Å². The average Bonchev–Trinajstić information content (AvgIpc) is 3.27. The first-order valence-electron chi connectivity index (χ1n) is 9.02. The Labute approximate surface area is 153 Å². The summed E-state index contributed by atoms with van der Waals surface area (Å²) in [6.45, 7) is 2.47. The number of nitrogens with one attached hydrogen (secondary N) is 1. The third-order valence-corrected chi connectivity index (χ3v) is 5.09. The van der Waals surface area contributed by atoms with Crippen molar-refractivity contribution in [3.8, 4) is 0 Å². The summed E-state index contributed by atoms with van der Waals surface area (Å²) < 4.78 is 8.02. The summed E-state index contributed by atoms with van der Waals surface area (Å²) in [5.41, 5.74) is 4.38. The van der Waals surface area contributed by atoms with Crippen LogP contribution in [0.3, 0.4) is 0 Å². The van der Waals surface area contributed by atoms with Gasteiger partial charge in [-0.1, -0.05) is 42.5 Å². The number of nitrogens with zero attached hydrogens (tertiary/aromatic N) is 2. The first-order chi connectivity index (χ1) is 12.6. The number of rotatable bonds is 4. The number of carbonyl (C=O) groups is 1. The molecule has 26 heavy (non-hydrogen) atoms. The number of carbonyl (C=O) groups excluding carboxylic acids is 1. The topological polar surface area (TPSA) is 56.1 Å². The quantitative estimate of drug-likeness (QED) is 0.785. The van der Waals surface area contributed by atoms with Gasteiger partial charge in [0.05, 0.1) is 23.7 Å². The second-order valence-corrected chi connectivity index (χ2v) is 6.85. The molecule has 0 bridgehead atoms. The van der Waals surface area contributed by atoms with E-state index in [-0.39, 0.29) is 12.0 Å². The van der Waals surface area contributed by atoms with Gasteiger partial charge in [-0.15, -0.1) is 0 Å². The molecule has 1 aliphatic rings. The largest absolute Gasteiger partial charge is 0.360 e. The van der Waals surface area contributed by atoms with Gasteiger partial charge in [-0.3, -0.25) is 4.79 Å². The van der Waals surface area contributed by atoms with E-state index < -0.39 is 6.10 Å². The standard InChI is InChI=1S/C21H23N3O2/c1-14-7-6-10-16-20(14)24(2)19(23-16)13-22-21(25)18-12-11-17(26-18)15-8-4-3-5-9-15/h3-10,17-18H,11-13H2,1-2H3,(H,22,25)/t17-,18+/m0/s1. The second-order valence-electron chi connectivity index (χ2n) is 6.85. The summed E-state index contributed by atoms with van der Waals surface area (Å²) >= 11 is 0. The van der Waals surface area contributed by atoms with Gasteiger partial charge in [-0.2, -0.15) is 0 Å². The van der Waals surface area contributed by atoms with Crippen LogP contribution < -0.4 is 5.32 Å². The van der Waals surface area contributed by atoms with Gasteiger partial charge in [0.2, 0.25) is 5.91 Å². The van der Waals surface area contributed by atoms with Crippen molar-refractivity contribution >= 4 is 16.9 Å². The van der Waals surface area contributed by atoms with E-state index in [1.807, 2.05) is 54.1 Å². The maximum atomic E-state index is 12.5. The lowest BCUT2D eigenvalue weighted by Crippen LogP contribution is -2.34. The van der Waals surface area contributed by atoms with E-state index in [0.29, 0.717) is 6.54 Å². The highest BCUT2D eigenvalue weighted by Gasteiger charge is 2.31. The number of imidazole rings is 1. The van der Waals surface area contributed by atoms with Gasteiger partial charge in [-0.25, -0.2) is 4.98 Å². The van der Waals surface area contributed by atoms with Crippen LogP contribution in [0.1, 0.15) is 35.9 Å². The maximum absolute atomic E-state index is 12.5. The third-order valence-electron chi connectivity index (χ3n) is 5.09. The van der Waals surface area contributed by atoms with Crippen molar-refractivity contribution in [3.05, 3.63) is 65.5 Å². The SMILES string of the molecule is Cc1cccc2nc(CNC(=O)[C@H]3CC[C@@H](c4ccccc4)O3)n(C)c12. The molecular formula is C21H23N3O2. The highest BCUT2D eigenvalue weighted by Crippen LogP contribution is 2.32. The first kappa shape index (κ1) is 16.8. The number of ether oxygens (including phenoxy) is 1. The molecule has 4 rings (SSSR count). The lowest BCUT2D eigenvalue weighted by atomic mass is 10.1. The van der Waals surface area contributed by atoms with Crippen molar-refractivity contribution in [1.29, 1.82) is 0 Å². The van der Waals surface area contributed by atoms with Gasteiger partial charge < -0.3 is 14.6 Å². The molecule has 3 aromatic rings. The van der Waals surface area contributed by atoms with E-state index in [2.05, 4.69) is 23.3 Å². The van der Waals surface area contributed by atoms with E-state index in [1.54, 1.807) is 0 Å². The number of hydrogen-bond acceptors (Lipinski definition) is 3. The van der Waals surface area contributed by atoms with Crippen LogP contribution in [0.4, 0.5) is 0 Å². The Hall–Kier alpha value is -2.66. The zero-order chi connectivity index (χ0) is 18.1. The Kier molecular flexibility index (Phi) is 4.47. The first-order valence-corrected chi connectivity index (χ1v) is 9.02. The van der Waals surface area contributed by atoms with Crippen LogP contribution in [0.25, 0.3) is 11.0 Å². The van der Waals surface area contributed by atoms with Crippen molar-refractivity contribution in [1.82, 2.24) is 14.9 Å². The lowest BCUT2D eigenvalue weighted by Gasteiger charge is -2.14. The van der Waals surface area contributed by atoms with Crippen molar-refractivity contribution in [2.24, 2.45) is 7.05 Å². The van der Waals surface area contributed by atoms with Crippen LogP contribution in [0.5, 0.6) is 0 Å². The third kappa shape index (κ3) is 3.10. The summed E-state index contributed by atoms with van der Waals surface area (Å²) in [6.07, 6.45) is 1.22. The molecule has 5 heteroatoms. The number of aromatic nitrogens is 2. The number of para-hydroxylation sites is 1. The molecule has 0 aliphatic carbocycles. The van der Waals surface area contributed by atoms with Gasteiger partial charge in [0.15, 0.2) is 0 Å². The Bertz CT molecular complexity index is 933. The molecular weight excluding hydrogens is 326 g/mol. The van der Waals surface area contributed by atoms with Gasteiger partial charge in [0.25, 0.3) is 0 Å². The molecule has 0 radical (unpaired) electrons. The van der Waals surface area contributed by atoms with Crippen molar-refractivity contribution in [2.75, 3.05) is 0 Å². The fraction of sp³-hybridized carbons (Fsp3) is 0.333. The van der Waals surface area contributed by atoms with Gasteiger partial charge in [0.1, 0.15) is 11.9 Å². The molecule has 2 aromatic carbocycles. The number of benzene rings is 2. The zero-order valence-electron chi connectivity index (χ0n) is 15.1. The van der Waals surface area contributed by atoms with Gasteiger partial charge in [0, 0.05) is 7.05 Å². The fourth-order valence-corrected chi connectivity index (χ4v) is 3.69. The normalized spacial score (nSPS) is 19.8. The molecule has 134 valence electrons. The Morgan fingerprint density at radius 3 is 2.77 bits per heavy atom. The highest BCUT2D eigenvalue weighted by atomic mass is 16.5. The smallest absolute Gasteiger partial charge is 0.249 e. The molecule has 1 amide bonds. The molecule has 0 unspecified atom stereocenters. The van der Waals surface area contributed by atoms with Crippen LogP contribution in [-0.4, -0.2) is 21.6 Å². The molecule has 2 atom stereocenters. The summed E-state index contributed by atoms with van der Waals surface area (Å²) in [4.78, 5) is 17.2. The number of fused-ring (bicyclic) bond motifs is 1. The van der Waals surface area contributed by atoms with Crippen molar-refractivity contribution in [3.63, 3.8) is 0 Å². The monoisotopic (exact) mass is 349 g/mol. The molecule has 2 heterocycles. The minimum atomic E-state index is -0.392. The molecule has 1 aromatic heterocycles. The summed E-state index contributed by atoms with van der Waals surface area (Å²) in [7, 11) is 1.99. The van der Waals surface area contributed by atoms with Crippen LogP contribution in [0.15, 0.2) is 48.5 Å². The minimum Gasteiger partial charge on any atom is -0.360 e. The predicted molar refractivity (Wildman–Crippen MR) is 101 cm³/mol. The predicted octanol–water partition coefficient (Wildman–Crippen LogP) is 3.42.